The molecule has 31 heavy (non-hydrogen) atoms. The summed E-state index contributed by atoms with van der Waals surface area (Å²) in [5.41, 5.74) is 5.13. The van der Waals surface area contributed by atoms with Gasteiger partial charge in [0.2, 0.25) is 5.91 Å². The van der Waals surface area contributed by atoms with Crippen LogP contribution in [-0.4, -0.2) is 21.8 Å². The Morgan fingerprint density at radius 3 is 2.65 bits per heavy atom. The van der Waals surface area contributed by atoms with Crippen LogP contribution in [0.3, 0.4) is 0 Å². The van der Waals surface area contributed by atoms with Crippen molar-refractivity contribution < 1.29 is 9.53 Å². The Morgan fingerprint density at radius 1 is 1.03 bits per heavy atom. The molecule has 0 bridgehead atoms. The summed E-state index contributed by atoms with van der Waals surface area (Å²) in [6.45, 7) is 3.12. The highest BCUT2D eigenvalue weighted by atomic mass is 16.5. The molecule has 0 aliphatic carbocycles. The summed E-state index contributed by atoms with van der Waals surface area (Å²) < 4.78 is 7.80. The van der Waals surface area contributed by atoms with E-state index in [-0.39, 0.29) is 5.91 Å². The quantitative estimate of drug-likeness (QED) is 0.431. The highest BCUT2D eigenvalue weighted by molar-refractivity contribution is 5.91. The third-order valence-electron chi connectivity index (χ3n) is 4.88. The van der Waals surface area contributed by atoms with Crippen molar-refractivity contribution >= 4 is 17.6 Å². The van der Waals surface area contributed by atoms with E-state index in [1.807, 2.05) is 83.5 Å². The molecule has 2 aromatic carbocycles. The fraction of sp³-hybridized carbons (Fsp3) is 0.154. The summed E-state index contributed by atoms with van der Waals surface area (Å²) in [5.74, 6) is 0.678. The van der Waals surface area contributed by atoms with Crippen LogP contribution in [0.25, 0.3) is 11.7 Å². The zero-order chi connectivity index (χ0) is 21.5. The molecule has 0 aliphatic rings. The number of aryl methyl sites for hydroxylation is 1. The van der Waals surface area contributed by atoms with Crippen molar-refractivity contribution in [2.24, 2.45) is 0 Å². The molecule has 156 valence electrons. The van der Waals surface area contributed by atoms with E-state index >= 15 is 0 Å². The van der Waals surface area contributed by atoms with Gasteiger partial charge in [0.15, 0.2) is 0 Å². The lowest BCUT2D eigenvalue weighted by Gasteiger charge is -2.06. The van der Waals surface area contributed by atoms with Crippen LogP contribution in [0.1, 0.15) is 22.4 Å². The first-order valence-electron chi connectivity index (χ1n) is 10.3. The molecule has 1 N–H and O–H groups in total. The summed E-state index contributed by atoms with van der Waals surface area (Å²) in [6, 6.07) is 21.8. The number of nitrogens with zero attached hydrogens (tertiary/aromatic N) is 2. The van der Waals surface area contributed by atoms with Crippen LogP contribution in [0, 0.1) is 6.92 Å². The maximum atomic E-state index is 12.1. The van der Waals surface area contributed by atoms with Crippen molar-refractivity contribution in [3.05, 3.63) is 108 Å². The second-order valence-corrected chi connectivity index (χ2v) is 7.42. The second-order valence-electron chi connectivity index (χ2n) is 7.42. The molecular formula is C26H25N3O2. The van der Waals surface area contributed by atoms with Gasteiger partial charge in [-0.25, -0.2) is 4.98 Å². The summed E-state index contributed by atoms with van der Waals surface area (Å²) in [5, 5.41) is 2.91. The minimum Gasteiger partial charge on any atom is -0.489 e. The Bertz CT molecular complexity index is 1180. The largest absolute Gasteiger partial charge is 0.489 e. The van der Waals surface area contributed by atoms with E-state index in [2.05, 4.69) is 17.2 Å². The number of nitrogens with one attached hydrogen (secondary N) is 1. The Morgan fingerprint density at radius 2 is 1.84 bits per heavy atom. The van der Waals surface area contributed by atoms with E-state index in [1.54, 1.807) is 12.2 Å². The minimum absolute atomic E-state index is 0.121. The molecule has 0 spiro atoms. The van der Waals surface area contributed by atoms with Crippen molar-refractivity contribution in [2.45, 2.75) is 20.0 Å². The molecular weight excluding hydrogens is 386 g/mol. The number of hydrogen-bond donors (Lipinski definition) is 1. The van der Waals surface area contributed by atoms with E-state index in [9.17, 15) is 4.79 Å². The molecule has 0 radical (unpaired) electrons. The van der Waals surface area contributed by atoms with Gasteiger partial charge in [-0.1, -0.05) is 48.5 Å². The molecule has 0 aliphatic heterocycles. The van der Waals surface area contributed by atoms with Crippen molar-refractivity contribution in [1.29, 1.82) is 0 Å². The lowest BCUT2D eigenvalue weighted by molar-refractivity contribution is -0.116. The second kappa shape index (κ2) is 9.76. The van der Waals surface area contributed by atoms with Gasteiger partial charge in [-0.05, 0) is 47.9 Å². The molecule has 5 nitrogen and oxygen atoms in total. The Labute approximate surface area is 182 Å². The van der Waals surface area contributed by atoms with Gasteiger partial charge in [-0.3, -0.25) is 4.79 Å². The van der Waals surface area contributed by atoms with Gasteiger partial charge in [0.05, 0.1) is 5.69 Å². The fourth-order valence-electron chi connectivity index (χ4n) is 3.24. The lowest BCUT2D eigenvalue weighted by atomic mass is 10.2. The number of pyridine rings is 1. The van der Waals surface area contributed by atoms with E-state index < -0.39 is 0 Å². The first kappa shape index (κ1) is 20.4. The van der Waals surface area contributed by atoms with Gasteiger partial charge in [0, 0.05) is 31.4 Å². The topological polar surface area (TPSA) is 55.6 Å². The molecule has 0 atom stereocenters. The number of ether oxygens (including phenoxy) is 1. The first-order chi connectivity index (χ1) is 15.2. The van der Waals surface area contributed by atoms with Gasteiger partial charge in [0.25, 0.3) is 0 Å². The van der Waals surface area contributed by atoms with E-state index in [0.717, 1.165) is 28.2 Å². The van der Waals surface area contributed by atoms with Crippen LogP contribution < -0.4 is 10.1 Å². The zero-order valence-electron chi connectivity index (χ0n) is 17.5. The summed E-state index contributed by atoms with van der Waals surface area (Å²) in [4.78, 5) is 16.7. The highest BCUT2D eigenvalue weighted by Gasteiger charge is 2.03. The molecule has 0 saturated carbocycles. The zero-order valence-corrected chi connectivity index (χ0v) is 17.5. The van der Waals surface area contributed by atoms with Gasteiger partial charge in [-0.2, -0.15) is 0 Å². The fourth-order valence-corrected chi connectivity index (χ4v) is 3.24. The number of hydrogen-bond acceptors (Lipinski definition) is 3. The van der Waals surface area contributed by atoms with Crippen molar-refractivity contribution in [3.8, 4) is 5.75 Å². The maximum absolute atomic E-state index is 12.1. The number of aromatic nitrogens is 2. The van der Waals surface area contributed by atoms with Crippen LogP contribution >= 0.6 is 0 Å². The minimum atomic E-state index is -0.121. The van der Waals surface area contributed by atoms with Crippen molar-refractivity contribution in [2.75, 3.05) is 6.54 Å². The SMILES string of the molecule is Cc1ccc2nc(CCNC(=O)/C=C/c3ccc(OCc4ccccc4)cc3)cn2c1. The maximum Gasteiger partial charge on any atom is 0.244 e. The summed E-state index contributed by atoms with van der Waals surface area (Å²) in [6.07, 6.45) is 8.08. The summed E-state index contributed by atoms with van der Waals surface area (Å²) >= 11 is 0. The number of rotatable bonds is 8. The molecule has 2 aromatic heterocycles. The van der Waals surface area contributed by atoms with Crippen molar-refractivity contribution in [1.82, 2.24) is 14.7 Å². The Balaban J connectivity index is 1.22. The van der Waals surface area contributed by atoms with Gasteiger partial charge in [0.1, 0.15) is 18.0 Å². The average Bonchev–Trinajstić information content (AvgIpc) is 3.19. The highest BCUT2D eigenvalue weighted by Crippen LogP contribution is 2.15. The van der Waals surface area contributed by atoms with E-state index in [0.29, 0.717) is 19.6 Å². The van der Waals surface area contributed by atoms with Crippen LogP contribution in [-0.2, 0) is 17.8 Å². The standard InChI is InChI=1S/C26H25N3O2/c1-20-7-13-25-28-23(18-29(25)17-20)15-16-27-26(30)14-10-21-8-11-24(12-9-21)31-19-22-5-3-2-4-6-22/h2-14,17-18H,15-16,19H2,1H3,(H,27,30)/b14-10+. The molecule has 0 saturated heterocycles. The number of carbonyl (C=O) groups is 1. The van der Waals surface area contributed by atoms with Crippen molar-refractivity contribution in [3.63, 3.8) is 0 Å². The number of amides is 1. The summed E-state index contributed by atoms with van der Waals surface area (Å²) in [7, 11) is 0. The van der Waals surface area contributed by atoms with E-state index in [4.69, 9.17) is 4.74 Å². The van der Waals surface area contributed by atoms with Gasteiger partial charge in [-0.15, -0.1) is 0 Å². The first-order valence-corrected chi connectivity index (χ1v) is 10.3. The normalized spacial score (nSPS) is 11.1. The van der Waals surface area contributed by atoms with Gasteiger partial charge < -0.3 is 14.5 Å². The third kappa shape index (κ3) is 5.82. The molecule has 1 amide bonds. The van der Waals surface area contributed by atoms with Crippen LogP contribution in [0.15, 0.2) is 85.2 Å². The molecule has 4 rings (SSSR count). The monoisotopic (exact) mass is 411 g/mol. The van der Waals surface area contributed by atoms with Crippen LogP contribution in [0.2, 0.25) is 0 Å². The average molecular weight is 412 g/mol. The number of benzene rings is 2. The van der Waals surface area contributed by atoms with Crippen LogP contribution in [0.4, 0.5) is 0 Å². The lowest BCUT2D eigenvalue weighted by Crippen LogP contribution is -2.23. The Kier molecular flexibility index (Phi) is 6.43. The molecule has 2 heterocycles. The Hall–Kier alpha value is -3.86. The van der Waals surface area contributed by atoms with Crippen LogP contribution in [0.5, 0.6) is 5.75 Å². The molecule has 5 heteroatoms. The number of imidazole rings is 1. The van der Waals surface area contributed by atoms with E-state index in [1.165, 1.54) is 5.56 Å². The predicted molar refractivity (Wildman–Crippen MR) is 123 cm³/mol. The van der Waals surface area contributed by atoms with Gasteiger partial charge >= 0.3 is 0 Å². The predicted octanol–water partition coefficient (Wildman–Crippen LogP) is 4.59. The smallest absolute Gasteiger partial charge is 0.244 e. The number of carbonyl (C=O) groups excluding carboxylic acids is 1. The molecule has 0 fully saturated rings. The number of fused-ring (bicyclic) bond motifs is 1. The molecule has 4 aromatic rings. The molecule has 0 unspecified atom stereocenters. The third-order valence-corrected chi connectivity index (χ3v) is 4.88.